The van der Waals surface area contributed by atoms with Crippen LogP contribution in [0, 0.1) is 0 Å². The number of nitrogens with zero attached hydrogens (tertiary/aromatic N) is 1. The maximum atomic E-state index is 12.2. The lowest BCUT2D eigenvalue weighted by atomic mass is 10.1. The SMILES string of the molecule is COC(=O)C(Oc1ccc(Cl)cc1-n1cccc1)c1ccccc1. The third-order valence-electron chi connectivity index (χ3n) is 3.57. The van der Waals surface area contributed by atoms with Crippen LogP contribution in [0.4, 0.5) is 0 Å². The summed E-state index contributed by atoms with van der Waals surface area (Å²) >= 11 is 6.12. The second-order valence-electron chi connectivity index (χ2n) is 5.13. The summed E-state index contributed by atoms with van der Waals surface area (Å²) in [6.45, 7) is 0. The molecule has 1 unspecified atom stereocenters. The molecule has 1 atom stereocenters. The zero-order valence-corrected chi connectivity index (χ0v) is 13.8. The van der Waals surface area contributed by atoms with Crippen molar-refractivity contribution >= 4 is 17.6 Å². The molecule has 0 N–H and O–H groups in total. The van der Waals surface area contributed by atoms with Gasteiger partial charge in [-0.1, -0.05) is 41.9 Å². The number of carbonyl (C=O) groups excluding carboxylic acids is 1. The van der Waals surface area contributed by atoms with Crippen molar-refractivity contribution in [2.75, 3.05) is 7.11 Å². The third kappa shape index (κ3) is 3.44. The van der Waals surface area contributed by atoms with E-state index in [1.165, 1.54) is 7.11 Å². The van der Waals surface area contributed by atoms with Crippen LogP contribution in [0.2, 0.25) is 5.02 Å². The average Bonchev–Trinajstić information content (AvgIpc) is 3.15. The minimum absolute atomic E-state index is 0.463. The summed E-state index contributed by atoms with van der Waals surface area (Å²) in [5, 5.41) is 0.584. The molecule has 0 spiro atoms. The summed E-state index contributed by atoms with van der Waals surface area (Å²) in [4.78, 5) is 12.2. The van der Waals surface area contributed by atoms with E-state index in [1.54, 1.807) is 18.2 Å². The first-order valence-corrected chi connectivity index (χ1v) is 7.79. The molecule has 0 aliphatic heterocycles. The minimum Gasteiger partial charge on any atom is -0.472 e. The van der Waals surface area contributed by atoms with Gasteiger partial charge in [0.25, 0.3) is 0 Å². The van der Waals surface area contributed by atoms with Gasteiger partial charge in [-0.2, -0.15) is 0 Å². The average molecular weight is 342 g/mol. The van der Waals surface area contributed by atoms with Crippen molar-refractivity contribution in [3.8, 4) is 11.4 Å². The van der Waals surface area contributed by atoms with Gasteiger partial charge >= 0.3 is 5.97 Å². The van der Waals surface area contributed by atoms with Gasteiger partial charge < -0.3 is 14.0 Å². The Bertz CT molecular complexity index is 816. The summed E-state index contributed by atoms with van der Waals surface area (Å²) < 4.78 is 12.8. The van der Waals surface area contributed by atoms with E-state index in [2.05, 4.69) is 0 Å². The maximum Gasteiger partial charge on any atom is 0.351 e. The van der Waals surface area contributed by atoms with Crippen molar-refractivity contribution in [1.29, 1.82) is 0 Å². The maximum absolute atomic E-state index is 12.2. The predicted molar refractivity (Wildman–Crippen MR) is 92.6 cm³/mol. The van der Waals surface area contributed by atoms with Crippen LogP contribution >= 0.6 is 11.6 Å². The quantitative estimate of drug-likeness (QED) is 0.645. The van der Waals surface area contributed by atoms with Crippen molar-refractivity contribution in [3.63, 3.8) is 0 Å². The molecule has 4 nitrogen and oxygen atoms in total. The van der Waals surface area contributed by atoms with Gasteiger partial charge in [-0.15, -0.1) is 0 Å². The molecule has 0 bridgehead atoms. The molecule has 5 heteroatoms. The Morgan fingerprint density at radius 3 is 2.42 bits per heavy atom. The molecule has 0 amide bonds. The number of methoxy groups -OCH3 is 1. The highest BCUT2D eigenvalue weighted by Gasteiger charge is 2.24. The van der Waals surface area contributed by atoms with Gasteiger partial charge in [0.2, 0.25) is 6.10 Å². The minimum atomic E-state index is -0.855. The Labute approximate surface area is 145 Å². The van der Waals surface area contributed by atoms with E-state index in [0.717, 1.165) is 11.3 Å². The topological polar surface area (TPSA) is 40.5 Å². The van der Waals surface area contributed by atoms with E-state index in [0.29, 0.717) is 10.8 Å². The first-order valence-electron chi connectivity index (χ1n) is 7.41. The molecule has 0 radical (unpaired) electrons. The van der Waals surface area contributed by atoms with Gasteiger partial charge in [-0.25, -0.2) is 4.79 Å². The van der Waals surface area contributed by atoms with Crippen LogP contribution in [0.5, 0.6) is 5.75 Å². The van der Waals surface area contributed by atoms with Gasteiger partial charge in [0.1, 0.15) is 5.75 Å². The highest BCUT2D eigenvalue weighted by Crippen LogP contribution is 2.31. The van der Waals surface area contributed by atoms with Crippen molar-refractivity contribution in [1.82, 2.24) is 4.57 Å². The predicted octanol–water partition coefficient (Wildman–Crippen LogP) is 4.42. The Morgan fingerprint density at radius 1 is 1.04 bits per heavy atom. The Kier molecular flexibility index (Phi) is 4.87. The molecule has 0 saturated heterocycles. The highest BCUT2D eigenvalue weighted by molar-refractivity contribution is 6.30. The first-order chi connectivity index (χ1) is 11.7. The number of aromatic nitrogens is 1. The van der Waals surface area contributed by atoms with Gasteiger partial charge in [0.05, 0.1) is 12.8 Å². The molecular weight excluding hydrogens is 326 g/mol. The van der Waals surface area contributed by atoms with E-state index in [1.807, 2.05) is 59.4 Å². The number of esters is 1. The molecule has 3 aromatic rings. The van der Waals surface area contributed by atoms with Crippen LogP contribution in [0.15, 0.2) is 73.1 Å². The second kappa shape index (κ2) is 7.23. The van der Waals surface area contributed by atoms with Crippen LogP contribution in [-0.4, -0.2) is 17.6 Å². The molecule has 3 rings (SSSR count). The van der Waals surface area contributed by atoms with E-state index >= 15 is 0 Å². The van der Waals surface area contributed by atoms with Gasteiger partial charge in [-0.05, 0) is 30.3 Å². The Balaban J connectivity index is 2.00. The zero-order chi connectivity index (χ0) is 16.9. The summed E-state index contributed by atoms with van der Waals surface area (Å²) in [6.07, 6.45) is 2.91. The van der Waals surface area contributed by atoms with Crippen molar-refractivity contribution in [3.05, 3.63) is 83.6 Å². The zero-order valence-electron chi connectivity index (χ0n) is 13.1. The number of hydrogen-bond acceptors (Lipinski definition) is 3. The smallest absolute Gasteiger partial charge is 0.351 e. The fraction of sp³-hybridized carbons (Fsp3) is 0.105. The fourth-order valence-electron chi connectivity index (χ4n) is 2.40. The molecule has 2 aromatic carbocycles. The molecule has 0 aliphatic rings. The van der Waals surface area contributed by atoms with Crippen LogP contribution in [-0.2, 0) is 9.53 Å². The van der Waals surface area contributed by atoms with Gasteiger partial charge in [0, 0.05) is 23.0 Å². The van der Waals surface area contributed by atoms with Gasteiger partial charge in [-0.3, -0.25) is 0 Å². The van der Waals surface area contributed by atoms with Crippen LogP contribution < -0.4 is 4.74 Å². The summed E-state index contributed by atoms with van der Waals surface area (Å²) in [5.74, 6) is 0.0736. The molecule has 24 heavy (non-hydrogen) atoms. The molecule has 0 aliphatic carbocycles. The van der Waals surface area contributed by atoms with Crippen molar-refractivity contribution in [2.24, 2.45) is 0 Å². The molecule has 1 heterocycles. The number of ether oxygens (including phenoxy) is 2. The van der Waals surface area contributed by atoms with Crippen molar-refractivity contribution < 1.29 is 14.3 Å². The lowest BCUT2D eigenvalue weighted by Gasteiger charge is -2.20. The van der Waals surface area contributed by atoms with Crippen LogP contribution in [0.1, 0.15) is 11.7 Å². The summed E-state index contributed by atoms with van der Waals surface area (Å²) in [5.41, 5.74) is 1.47. The standard InChI is InChI=1S/C19H16ClNO3/c1-23-19(22)18(14-7-3-2-4-8-14)24-17-10-9-15(20)13-16(17)21-11-5-6-12-21/h2-13,18H,1H3. The summed E-state index contributed by atoms with van der Waals surface area (Å²) in [6, 6.07) is 18.3. The van der Waals surface area contributed by atoms with E-state index in [9.17, 15) is 4.79 Å². The lowest BCUT2D eigenvalue weighted by molar-refractivity contribution is -0.149. The van der Waals surface area contributed by atoms with Gasteiger partial charge in [0.15, 0.2) is 0 Å². The van der Waals surface area contributed by atoms with Crippen LogP contribution in [0.3, 0.4) is 0 Å². The van der Waals surface area contributed by atoms with Crippen molar-refractivity contribution in [2.45, 2.75) is 6.10 Å². The number of rotatable bonds is 5. The van der Waals surface area contributed by atoms with Crippen LogP contribution in [0.25, 0.3) is 5.69 Å². The molecule has 0 fully saturated rings. The van der Waals surface area contributed by atoms with E-state index in [4.69, 9.17) is 21.1 Å². The third-order valence-corrected chi connectivity index (χ3v) is 3.80. The Hall–Kier alpha value is -2.72. The number of hydrogen-bond donors (Lipinski definition) is 0. The van der Waals surface area contributed by atoms with E-state index < -0.39 is 12.1 Å². The second-order valence-corrected chi connectivity index (χ2v) is 5.57. The monoisotopic (exact) mass is 341 g/mol. The molecule has 122 valence electrons. The number of halogens is 1. The van der Waals surface area contributed by atoms with E-state index in [-0.39, 0.29) is 0 Å². The largest absolute Gasteiger partial charge is 0.472 e. The highest BCUT2D eigenvalue weighted by atomic mass is 35.5. The lowest BCUT2D eigenvalue weighted by Crippen LogP contribution is -2.20. The molecular formula is C19H16ClNO3. The molecule has 1 aromatic heterocycles. The first kappa shape index (κ1) is 16.1. The Morgan fingerprint density at radius 2 is 1.75 bits per heavy atom. The summed E-state index contributed by atoms with van der Waals surface area (Å²) in [7, 11) is 1.34. The fourth-order valence-corrected chi connectivity index (χ4v) is 2.57. The number of benzene rings is 2. The normalized spacial score (nSPS) is 11.8. The molecule has 0 saturated carbocycles. The number of carbonyl (C=O) groups is 1.